The minimum absolute atomic E-state index is 0.109. The van der Waals surface area contributed by atoms with Crippen molar-refractivity contribution in [1.29, 1.82) is 0 Å². The number of aryl methyl sites for hydroxylation is 1. The zero-order valence-electron chi connectivity index (χ0n) is 15.1. The number of hydrogen-bond acceptors (Lipinski definition) is 4. The van der Waals surface area contributed by atoms with E-state index in [1.807, 2.05) is 18.2 Å². The Kier molecular flexibility index (Phi) is 4.82. The van der Waals surface area contributed by atoms with Gasteiger partial charge < -0.3 is 14.8 Å². The predicted molar refractivity (Wildman–Crippen MR) is 99.3 cm³/mol. The third-order valence-electron chi connectivity index (χ3n) is 5.21. The van der Waals surface area contributed by atoms with Crippen LogP contribution in [0.1, 0.15) is 51.1 Å². The molecule has 2 N–H and O–H groups in total. The van der Waals surface area contributed by atoms with Crippen molar-refractivity contribution >= 4 is 11.6 Å². The molecule has 0 spiro atoms. The van der Waals surface area contributed by atoms with Gasteiger partial charge in [0.2, 0.25) is 12.7 Å². The van der Waals surface area contributed by atoms with Gasteiger partial charge in [-0.05, 0) is 37.5 Å². The number of ether oxygens (including phenoxy) is 2. The molecule has 0 saturated heterocycles. The van der Waals surface area contributed by atoms with Gasteiger partial charge in [0.05, 0.1) is 11.4 Å². The predicted octanol–water partition coefficient (Wildman–Crippen LogP) is 4.28. The monoisotopic (exact) mass is 355 g/mol. The van der Waals surface area contributed by atoms with E-state index < -0.39 is 0 Å². The van der Waals surface area contributed by atoms with E-state index in [0.717, 1.165) is 66.9 Å². The normalized spacial score (nSPS) is 16.7. The van der Waals surface area contributed by atoms with Crippen molar-refractivity contribution < 1.29 is 14.3 Å². The van der Waals surface area contributed by atoms with Crippen LogP contribution in [0.3, 0.4) is 0 Å². The molecule has 1 aliphatic carbocycles. The van der Waals surface area contributed by atoms with Gasteiger partial charge in [-0.1, -0.05) is 32.6 Å². The summed E-state index contributed by atoms with van der Waals surface area (Å²) in [6.45, 7) is 2.36. The first-order valence-corrected chi connectivity index (χ1v) is 9.54. The van der Waals surface area contributed by atoms with Crippen LogP contribution in [0.15, 0.2) is 18.2 Å². The van der Waals surface area contributed by atoms with E-state index in [2.05, 4.69) is 22.4 Å². The van der Waals surface area contributed by atoms with E-state index in [1.165, 1.54) is 6.42 Å². The number of amides is 1. The summed E-state index contributed by atoms with van der Waals surface area (Å²) >= 11 is 0. The summed E-state index contributed by atoms with van der Waals surface area (Å²) < 4.78 is 10.9. The van der Waals surface area contributed by atoms with Gasteiger partial charge in [0, 0.05) is 11.5 Å². The molecule has 26 heavy (non-hydrogen) atoms. The van der Waals surface area contributed by atoms with E-state index in [1.54, 1.807) is 0 Å². The zero-order valence-corrected chi connectivity index (χ0v) is 15.1. The number of hydrogen-bond donors (Lipinski definition) is 2. The average molecular weight is 355 g/mol. The van der Waals surface area contributed by atoms with Crippen LogP contribution < -0.4 is 14.8 Å². The number of anilines is 1. The Labute approximate surface area is 153 Å². The van der Waals surface area contributed by atoms with Gasteiger partial charge in [0.15, 0.2) is 11.5 Å². The number of carbonyl (C=O) groups is 1. The Balaban J connectivity index is 1.63. The summed E-state index contributed by atoms with van der Waals surface area (Å²) in [4.78, 5) is 12.8. The lowest BCUT2D eigenvalue weighted by Crippen LogP contribution is -2.25. The van der Waals surface area contributed by atoms with Crippen LogP contribution in [0.25, 0.3) is 11.3 Å². The molecule has 2 aromatic rings. The van der Waals surface area contributed by atoms with Crippen molar-refractivity contribution in [3.05, 3.63) is 23.9 Å². The Morgan fingerprint density at radius 3 is 2.85 bits per heavy atom. The van der Waals surface area contributed by atoms with Gasteiger partial charge in [-0.25, -0.2) is 0 Å². The standard InChI is InChI=1S/C20H25N3O3/c1-2-6-15-19(21-20(24)13-7-4-3-5-8-13)18(23-22-15)14-9-10-16-17(11-14)26-12-25-16/h9-11,13H,2-8,12H2,1H3,(H,21,24)(H,22,23). The summed E-state index contributed by atoms with van der Waals surface area (Å²) in [6.07, 6.45) is 7.30. The number of H-pyrrole nitrogens is 1. The second-order valence-electron chi connectivity index (χ2n) is 7.07. The molecule has 1 fully saturated rings. The maximum Gasteiger partial charge on any atom is 0.231 e. The van der Waals surface area contributed by atoms with Crippen molar-refractivity contribution in [3.8, 4) is 22.8 Å². The molecule has 6 heteroatoms. The molecule has 4 rings (SSSR count). The quantitative estimate of drug-likeness (QED) is 0.839. The Bertz CT molecular complexity index is 794. The van der Waals surface area contributed by atoms with Crippen LogP contribution >= 0.6 is 0 Å². The Morgan fingerprint density at radius 1 is 1.23 bits per heavy atom. The molecule has 0 unspecified atom stereocenters. The van der Waals surface area contributed by atoms with Crippen molar-refractivity contribution in [3.63, 3.8) is 0 Å². The second kappa shape index (κ2) is 7.40. The average Bonchev–Trinajstić information content (AvgIpc) is 3.29. The number of fused-ring (bicyclic) bond motifs is 1. The van der Waals surface area contributed by atoms with Crippen LogP contribution in [0.2, 0.25) is 0 Å². The first-order chi connectivity index (χ1) is 12.8. The van der Waals surface area contributed by atoms with Gasteiger partial charge >= 0.3 is 0 Å². The van der Waals surface area contributed by atoms with Gasteiger partial charge in [0.25, 0.3) is 0 Å². The van der Waals surface area contributed by atoms with Gasteiger partial charge in [-0.3, -0.25) is 9.89 Å². The molecule has 0 atom stereocenters. The molecule has 6 nitrogen and oxygen atoms in total. The van der Waals surface area contributed by atoms with Gasteiger partial charge in [0.1, 0.15) is 5.69 Å². The van der Waals surface area contributed by atoms with E-state index >= 15 is 0 Å². The molecule has 1 saturated carbocycles. The molecular weight excluding hydrogens is 330 g/mol. The minimum atomic E-state index is 0.109. The molecule has 1 aromatic carbocycles. The van der Waals surface area contributed by atoms with E-state index in [0.29, 0.717) is 5.75 Å². The minimum Gasteiger partial charge on any atom is -0.454 e. The van der Waals surface area contributed by atoms with Crippen molar-refractivity contribution in [2.45, 2.75) is 51.9 Å². The van der Waals surface area contributed by atoms with Crippen molar-refractivity contribution in [1.82, 2.24) is 10.2 Å². The molecular formula is C20H25N3O3. The number of rotatable bonds is 5. The topological polar surface area (TPSA) is 76.2 Å². The fourth-order valence-corrected chi connectivity index (χ4v) is 3.79. The summed E-state index contributed by atoms with van der Waals surface area (Å²) in [5.74, 6) is 1.68. The van der Waals surface area contributed by atoms with Crippen LogP contribution in [-0.4, -0.2) is 22.9 Å². The van der Waals surface area contributed by atoms with E-state index in [4.69, 9.17) is 9.47 Å². The first kappa shape index (κ1) is 16.9. The molecule has 1 aromatic heterocycles. The van der Waals surface area contributed by atoms with Gasteiger partial charge in [-0.2, -0.15) is 5.10 Å². The molecule has 1 aliphatic heterocycles. The number of nitrogens with zero attached hydrogens (tertiary/aromatic N) is 1. The maximum absolute atomic E-state index is 12.8. The van der Waals surface area contributed by atoms with E-state index in [-0.39, 0.29) is 18.6 Å². The molecule has 2 heterocycles. The molecule has 0 radical (unpaired) electrons. The number of carbonyl (C=O) groups excluding carboxylic acids is 1. The number of benzene rings is 1. The van der Waals surface area contributed by atoms with Crippen molar-refractivity contribution in [2.75, 3.05) is 12.1 Å². The molecule has 138 valence electrons. The summed E-state index contributed by atoms with van der Waals surface area (Å²) in [7, 11) is 0. The largest absolute Gasteiger partial charge is 0.454 e. The van der Waals surface area contributed by atoms with Crippen LogP contribution in [0.4, 0.5) is 5.69 Å². The highest BCUT2D eigenvalue weighted by atomic mass is 16.7. The van der Waals surface area contributed by atoms with Crippen molar-refractivity contribution in [2.24, 2.45) is 5.92 Å². The molecule has 1 amide bonds. The lowest BCUT2D eigenvalue weighted by atomic mass is 9.88. The van der Waals surface area contributed by atoms with Crippen LogP contribution in [0, 0.1) is 5.92 Å². The Hall–Kier alpha value is -2.50. The lowest BCUT2D eigenvalue weighted by Gasteiger charge is -2.21. The smallest absolute Gasteiger partial charge is 0.231 e. The first-order valence-electron chi connectivity index (χ1n) is 9.54. The second-order valence-corrected chi connectivity index (χ2v) is 7.07. The number of nitrogens with one attached hydrogen (secondary N) is 2. The van der Waals surface area contributed by atoms with Crippen LogP contribution in [0.5, 0.6) is 11.5 Å². The van der Waals surface area contributed by atoms with Gasteiger partial charge in [-0.15, -0.1) is 0 Å². The third-order valence-corrected chi connectivity index (χ3v) is 5.21. The number of aromatic amines is 1. The summed E-state index contributed by atoms with van der Waals surface area (Å²) in [6, 6.07) is 5.76. The molecule has 2 aliphatic rings. The fraction of sp³-hybridized carbons (Fsp3) is 0.500. The summed E-state index contributed by atoms with van der Waals surface area (Å²) in [5, 5.41) is 10.8. The maximum atomic E-state index is 12.8. The zero-order chi connectivity index (χ0) is 17.9. The third kappa shape index (κ3) is 3.28. The lowest BCUT2D eigenvalue weighted by molar-refractivity contribution is -0.120. The molecule has 0 bridgehead atoms. The highest BCUT2D eigenvalue weighted by Gasteiger charge is 2.25. The SMILES string of the molecule is CCCc1[nH]nc(-c2ccc3c(c2)OCO3)c1NC(=O)C1CCCCC1. The van der Waals surface area contributed by atoms with E-state index in [9.17, 15) is 4.79 Å². The summed E-state index contributed by atoms with van der Waals surface area (Å²) in [5.41, 5.74) is 3.45. The fourth-order valence-electron chi connectivity index (χ4n) is 3.79. The highest BCUT2D eigenvalue weighted by Crippen LogP contribution is 2.38. The number of aromatic nitrogens is 2. The highest BCUT2D eigenvalue weighted by molar-refractivity contribution is 5.97. The van der Waals surface area contributed by atoms with Crippen LogP contribution in [-0.2, 0) is 11.2 Å². The Morgan fingerprint density at radius 2 is 2.04 bits per heavy atom.